The summed E-state index contributed by atoms with van der Waals surface area (Å²) < 4.78 is 5.39. The number of hydrogen-bond donors (Lipinski definition) is 2. The maximum absolute atomic E-state index is 12.1. The lowest BCUT2D eigenvalue weighted by molar-refractivity contribution is 0.0764. The molecule has 5 heteroatoms. The quantitative estimate of drug-likeness (QED) is 0.810. The van der Waals surface area contributed by atoms with Crippen molar-refractivity contribution >= 4 is 6.09 Å². The maximum atomic E-state index is 12.1. The lowest BCUT2D eigenvalue weighted by Crippen LogP contribution is -2.45. The number of likely N-dealkylation sites (tertiary alicyclic amines) is 1. The SMILES string of the molecule is CCNC(CCO)C1CCN(C(=O)OCc2ccccc2)CC1. The summed E-state index contributed by atoms with van der Waals surface area (Å²) in [6, 6.07) is 10.1. The Morgan fingerprint density at radius 3 is 2.65 bits per heavy atom. The first-order valence-corrected chi connectivity index (χ1v) is 8.54. The summed E-state index contributed by atoms with van der Waals surface area (Å²) in [4.78, 5) is 13.9. The number of amides is 1. The zero-order chi connectivity index (χ0) is 16.5. The molecule has 5 nitrogen and oxygen atoms in total. The molecular formula is C18H28N2O3. The van der Waals surface area contributed by atoms with Crippen LogP contribution in [0.3, 0.4) is 0 Å². The molecule has 2 rings (SSSR count). The highest BCUT2D eigenvalue weighted by atomic mass is 16.6. The third kappa shape index (κ3) is 5.52. The fourth-order valence-corrected chi connectivity index (χ4v) is 3.20. The number of aliphatic hydroxyl groups is 1. The van der Waals surface area contributed by atoms with Gasteiger partial charge in [-0.05, 0) is 37.3 Å². The van der Waals surface area contributed by atoms with Gasteiger partial charge in [-0.25, -0.2) is 4.79 Å². The standard InChI is InChI=1S/C18H28N2O3/c1-2-19-17(10-13-21)16-8-11-20(12-9-16)18(22)23-14-15-6-4-3-5-7-15/h3-7,16-17,19,21H,2,8-14H2,1H3. The molecule has 1 fully saturated rings. The van der Waals surface area contributed by atoms with Crippen molar-refractivity contribution in [3.63, 3.8) is 0 Å². The molecule has 1 amide bonds. The van der Waals surface area contributed by atoms with Crippen molar-refractivity contribution in [1.82, 2.24) is 10.2 Å². The Bertz CT molecular complexity index is 453. The summed E-state index contributed by atoms with van der Waals surface area (Å²) in [6.07, 6.45) is 2.46. The van der Waals surface area contributed by atoms with Gasteiger partial charge in [-0.3, -0.25) is 0 Å². The molecule has 0 aromatic heterocycles. The van der Waals surface area contributed by atoms with Crippen LogP contribution in [-0.4, -0.2) is 48.4 Å². The number of carbonyl (C=O) groups is 1. The third-order valence-corrected chi connectivity index (χ3v) is 4.48. The van der Waals surface area contributed by atoms with Gasteiger partial charge in [-0.1, -0.05) is 37.3 Å². The summed E-state index contributed by atoms with van der Waals surface area (Å²) in [5.41, 5.74) is 1.01. The zero-order valence-electron chi connectivity index (χ0n) is 13.9. The minimum Gasteiger partial charge on any atom is -0.445 e. The number of carbonyl (C=O) groups excluding carboxylic acids is 1. The molecule has 2 N–H and O–H groups in total. The van der Waals surface area contributed by atoms with E-state index < -0.39 is 0 Å². The molecule has 0 aliphatic carbocycles. The Morgan fingerprint density at radius 2 is 2.04 bits per heavy atom. The van der Waals surface area contributed by atoms with Crippen LogP contribution in [0.25, 0.3) is 0 Å². The predicted molar refractivity (Wildman–Crippen MR) is 90.1 cm³/mol. The minimum absolute atomic E-state index is 0.205. The van der Waals surface area contributed by atoms with Gasteiger partial charge in [0, 0.05) is 25.7 Å². The van der Waals surface area contributed by atoms with E-state index in [9.17, 15) is 9.90 Å². The highest BCUT2D eigenvalue weighted by Crippen LogP contribution is 2.23. The Hall–Kier alpha value is -1.59. The molecule has 23 heavy (non-hydrogen) atoms. The monoisotopic (exact) mass is 320 g/mol. The number of aliphatic hydroxyl groups excluding tert-OH is 1. The molecule has 1 aliphatic heterocycles. The van der Waals surface area contributed by atoms with Crippen LogP contribution in [0.1, 0.15) is 31.7 Å². The van der Waals surface area contributed by atoms with Crippen LogP contribution in [0.4, 0.5) is 4.79 Å². The van der Waals surface area contributed by atoms with Crippen LogP contribution in [0.15, 0.2) is 30.3 Å². The largest absolute Gasteiger partial charge is 0.445 e. The first kappa shape index (κ1) is 17.8. The summed E-state index contributed by atoms with van der Waals surface area (Å²) in [5.74, 6) is 0.514. The van der Waals surface area contributed by atoms with E-state index in [1.54, 1.807) is 4.90 Å². The number of nitrogens with one attached hydrogen (secondary N) is 1. The van der Waals surface area contributed by atoms with Crippen molar-refractivity contribution in [2.75, 3.05) is 26.2 Å². The molecule has 1 aromatic carbocycles. The second kappa shape index (κ2) is 9.53. The van der Waals surface area contributed by atoms with E-state index in [1.807, 2.05) is 30.3 Å². The van der Waals surface area contributed by atoms with E-state index in [-0.39, 0.29) is 12.7 Å². The lowest BCUT2D eigenvalue weighted by Gasteiger charge is -2.35. The van der Waals surface area contributed by atoms with Crippen LogP contribution in [0, 0.1) is 5.92 Å². The van der Waals surface area contributed by atoms with Crippen LogP contribution in [0.5, 0.6) is 0 Å². The summed E-state index contributed by atoms with van der Waals surface area (Å²) in [6.45, 7) is 4.98. The molecule has 0 bridgehead atoms. The van der Waals surface area contributed by atoms with Crippen molar-refractivity contribution < 1.29 is 14.6 Å². The van der Waals surface area contributed by atoms with E-state index in [0.717, 1.165) is 44.5 Å². The first-order chi connectivity index (χ1) is 11.2. The van der Waals surface area contributed by atoms with Gasteiger partial charge in [0.15, 0.2) is 0 Å². The Balaban J connectivity index is 1.75. The summed E-state index contributed by atoms with van der Waals surface area (Å²) in [7, 11) is 0. The summed E-state index contributed by atoms with van der Waals surface area (Å²) >= 11 is 0. The number of hydrogen-bond acceptors (Lipinski definition) is 4. The van der Waals surface area contributed by atoms with E-state index in [1.165, 1.54) is 0 Å². The lowest BCUT2D eigenvalue weighted by atomic mass is 9.88. The molecule has 0 saturated carbocycles. The highest BCUT2D eigenvalue weighted by Gasteiger charge is 2.28. The average Bonchev–Trinajstić information content (AvgIpc) is 2.60. The molecule has 1 saturated heterocycles. The van der Waals surface area contributed by atoms with Crippen LogP contribution in [-0.2, 0) is 11.3 Å². The van der Waals surface area contributed by atoms with Gasteiger partial charge in [-0.15, -0.1) is 0 Å². The maximum Gasteiger partial charge on any atom is 0.410 e. The van der Waals surface area contributed by atoms with Gasteiger partial charge in [0.05, 0.1) is 0 Å². The molecule has 1 atom stereocenters. The van der Waals surface area contributed by atoms with E-state index in [4.69, 9.17) is 4.74 Å². The molecule has 1 aliphatic rings. The summed E-state index contributed by atoms with van der Waals surface area (Å²) in [5, 5.41) is 12.6. The van der Waals surface area contributed by atoms with Crippen molar-refractivity contribution in [3.05, 3.63) is 35.9 Å². The smallest absolute Gasteiger partial charge is 0.410 e. The Kier molecular flexibility index (Phi) is 7.36. The van der Waals surface area contributed by atoms with E-state index in [2.05, 4.69) is 12.2 Å². The van der Waals surface area contributed by atoms with Gasteiger partial charge < -0.3 is 20.1 Å². The number of nitrogens with zero attached hydrogens (tertiary/aromatic N) is 1. The van der Waals surface area contributed by atoms with E-state index in [0.29, 0.717) is 18.6 Å². The first-order valence-electron chi connectivity index (χ1n) is 8.54. The molecule has 0 radical (unpaired) electrons. The number of rotatable bonds is 7. The second-order valence-electron chi connectivity index (χ2n) is 6.04. The molecule has 0 spiro atoms. The van der Waals surface area contributed by atoms with Gasteiger partial charge in [0.1, 0.15) is 6.61 Å². The number of ether oxygens (including phenoxy) is 1. The third-order valence-electron chi connectivity index (χ3n) is 4.48. The normalized spacial score (nSPS) is 17.0. The van der Waals surface area contributed by atoms with Crippen molar-refractivity contribution in [1.29, 1.82) is 0 Å². The van der Waals surface area contributed by atoms with Gasteiger partial charge in [0.25, 0.3) is 0 Å². The Labute approximate surface area is 138 Å². The van der Waals surface area contributed by atoms with Crippen LogP contribution in [0.2, 0.25) is 0 Å². The highest BCUT2D eigenvalue weighted by molar-refractivity contribution is 5.67. The second-order valence-corrected chi connectivity index (χ2v) is 6.04. The molecule has 1 unspecified atom stereocenters. The molecule has 1 aromatic rings. The number of piperidine rings is 1. The average molecular weight is 320 g/mol. The van der Waals surface area contributed by atoms with Crippen molar-refractivity contribution in [3.8, 4) is 0 Å². The fraction of sp³-hybridized carbons (Fsp3) is 0.611. The predicted octanol–water partition coefficient (Wildman–Crippen LogP) is 2.40. The zero-order valence-corrected chi connectivity index (χ0v) is 13.9. The Morgan fingerprint density at radius 1 is 1.35 bits per heavy atom. The molecule has 128 valence electrons. The minimum atomic E-state index is -0.227. The molecule has 1 heterocycles. The van der Waals surface area contributed by atoms with Crippen LogP contribution < -0.4 is 5.32 Å². The van der Waals surface area contributed by atoms with Crippen LogP contribution >= 0.6 is 0 Å². The topological polar surface area (TPSA) is 61.8 Å². The van der Waals surface area contributed by atoms with Gasteiger partial charge in [0.2, 0.25) is 0 Å². The van der Waals surface area contributed by atoms with E-state index >= 15 is 0 Å². The van der Waals surface area contributed by atoms with Crippen molar-refractivity contribution in [2.24, 2.45) is 5.92 Å². The van der Waals surface area contributed by atoms with Gasteiger partial charge in [-0.2, -0.15) is 0 Å². The van der Waals surface area contributed by atoms with Crippen molar-refractivity contribution in [2.45, 2.75) is 38.8 Å². The van der Waals surface area contributed by atoms with Gasteiger partial charge >= 0.3 is 6.09 Å². The number of benzene rings is 1. The fourth-order valence-electron chi connectivity index (χ4n) is 3.20. The molecular weight excluding hydrogens is 292 g/mol.